The summed E-state index contributed by atoms with van der Waals surface area (Å²) in [5.41, 5.74) is 0. The maximum Gasteiger partial charge on any atom is 0.137 e. The number of ether oxygens (including phenoxy) is 1. The molecule has 0 saturated heterocycles. The van der Waals surface area contributed by atoms with Gasteiger partial charge in [0.25, 0.3) is 0 Å². The molecular formula is C13H17BrFNO. The van der Waals surface area contributed by atoms with Gasteiger partial charge in [-0.2, -0.15) is 0 Å². The van der Waals surface area contributed by atoms with Crippen LogP contribution in [-0.2, 0) is 0 Å². The first-order valence-electron chi connectivity index (χ1n) is 6.04. The largest absolute Gasteiger partial charge is 0.489 e. The molecular weight excluding hydrogens is 285 g/mol. The topological polar surface area (TPSA) is 21.3 Å². The first-order valence-corrected chi connectivity index (χ1v) is 6.83. The van der Waals surface area contributed by atoms with Gasteiger partial charge in [0, 0.05) is 12.6 Å². The first kappa shape index (κ1) is 12.8. The van der Waals surface area contributed by atoms with Gasteiger partial charge in [-0.1, -0.05) is 6.92 Å². The molecule has 2 nitrogen and oxygen atoms in total. The highest BCUT2D eigenvalue weighted by atomic mass is 79.9. The molecule has 1 fully saturated rings. The van der Waals surface area contributed by atoms with Crippen molar-refractivity contribution in [3.8, 4) is 5.75 Å². The molecule has 0 aliphatic heterocycles. The number of nitrogens with one attached hydrogen (secondary N) is 1. The van der Waals surface area contributed by atoms with Gasteiger partial charge in [-0.15, -0.1) is 0 Å². The third kappa shape index (κ3) is 3.96. The van der Waals surface area contributed by atoms with E-state index in [0.717, 1.165) is 13.0 Å². The summed E-state index contributed by atoms with van der Waals surface area (Å²) in [4.78, 5) is 0. The van der Waals surface area contributed by atoms with E-state index in [2.05, 4.69) is 28.2 Å². The van der Waals surface area contributed by atoms with Crippen LogP contribution in [-0.4, -0.2) is 18.7 Å². The Morgan fingerprint density at radius 1 is 1.53 bits per heavy atom. The van der Waals surface area contributed by atoms with Crippen molar-refractivity contribution in [2.45, 2.75) is 38.3 Å². The molecule has 1 aromatic rings. The van der Waals surface area contributed by atoms with E-state index in [1.807, 2.05) is 0 Å². The van der Waals surface area contributed by atoms with Crippen LogP contribution in [0, 0.1) is 5.82 Å². The molecule has 0 aromatic heterocycles. The molecule has 1 N–H and O–H groups in total. The second-order valence-electron chi connectivity index (χ2n) is 4.41. The van der Waals surface area contributed by atoms with Crippen molar-refractivity contribution in [2.75, 3.05) is 6.54 Å². The molecule has 17 heavy (non-hydrogen) atoms. The number of rotatable bonds is 6. The average molecular weight is 302 g/mol. The smallest absolute Gasteiger partial charge is 0.137 e. The molecule has 1 aliphatic carbocycles. The SMILES string of the molecule is CCC(CNC1CC1)Oc1ccc(F)c(Br)c1. The first-order chi connectivity index (χ1) is 8.19. The molecule has 0 heterocycles. The van der Waals surface area contributed by atoms with E-state index in [4.69, 9.17) is 4.74 Å². The molecule has 0 amide bonds. The number of hydrogen-bond acceptors (Lipinski definition) is 2. The maximum atomic E-state index is 13.1. The van der Waals surface area contributed by atoms with Crippen molar-refractivity contribution < 1.29 is 9.13 Å². The van der Waals surface area contributed by atoms with E-state index in [-0.39, 0.29) is 11.9 Å². The molecule has 2 rings (SSSR count). The summed E-state index contributed by atoms with van der Waals surface area (Å²) in [7, 11) is 0. The summed E-state index contributed by atoms with van der Waals surface area (Å²) in [5.74, 6) is 0.448. The number of hydrogen-bond donors (Lipinski definition) is 1. The Bertz CT molecular complexity index is 382. The number of halogens is 2. The van der Waals surface area contributed by atoms with Crippen LogP contribution in [0.1, 0.15) is 26.2 Å². The van der Waals surface area contributed by atoms with Crippen LogP contribution in [0.3, 0.4) is 0 Å². The van der Waals surface area contributed by atoms with Crippen LogP contribution in [0.4, 0.5) is 4.39 Å². The summed E-state index contributed by atoms with van der Waals surface area (Å²) in [5, 5.41) is 3.44. The molecule has 1 aliphatic rings. The highest BCUT2D eigenvalue weighted by Crippen LogP contribution is 2.23. The van der Waals surface area contributed by atoms with Crippen LogP contribution in [0.2, 0.25) is 0 Å². The van der Waals surface area contributed by atoms with Crippen molar-refractivity contribution in [1.29, 1.82) is 0 Å². The minimum Gasteiger partial charge on any atom is -0.489 e. The lowest BCUT2D eigenvalue weighted by Gasteiger charge is -2.18. The zero-order chi connectivity index (χ0) is 12.3. The minimum atomic E-state index is -0.262. The number of benzene rings is 1. The fourth-order valence-corrected chi connectivity index (χ4v) is 1.96. The van der Waals surface area contributed by atoms with Gasteiger partial charge >= 0.3 is 0 Å². The van der Waals surface area contributed by atoms with Gasteiger partial charge in [-0.3, -0.25) is 0 Å². The fourth-order valence-electron chi connectivity index (χ4n) is 1.60. The molecule has 1 saturated carbocycles. The second-order valence-corrected chi connectivity index (χ2v) is 5.26. The molecule has 1 aromatic carbocycles. The van der Waals surface area contributed by atoms with Gasteiger partial charge < -0.3 is 10.1 Å². The Morgan fingerprint density at radius 3 is 2.88 bits per heavy atom. The van der Waals surface area contributed by atoms with Gasteiger partial charge in [-0.05, 0) is 53.4 Å². The summed E-state index contributed by atoms with van der Waals surface area (Å²) in [6, 6.07) is 5.45. The van der Waals surface area contributed by atoms with Gasteiger partial charge in [0.1, 0.15) is 17.7 Å². The van der Waals surface area contributed by atoms with Crippen molar-refractivity contribution in [1.82, 2.24) is 5.32 Å². The van der Waals surface area contributed by atoms with E-state index < -0.39 is 0 Å². The fraction of sp³-hybridized carbons (Fsp3) is 0.538. The lowest BCUT2D eigenvalue weighted by Crippen LogP contribution is -2.32. The Hall–Kier alpha value is -0.610. The lowest BCUT2D eigenvalue weighted by molar-refractivity contribution is 0.192. The highest BCUT2D eigenvalue weighted by molar-refractivity contribution is 9.10. The monoisotopic (exact) mass is 301 g/mol. The van der Waals surface area contributed by atoms with Gasteiger partial charge in [0.15, 0.2) is 0 Å². The van der Waals surface area contributed by atoms with E-state index in [1.165, 1.54) is 18.9 Å². The van der Waals surface area contributed by atoms with Crippen LogP contribution < -0.4 is 10.1 Å². The predicted molar refractivity (Wildman–Crippen MR) is 69.8 cm³/mol. The molecule has 1 unspecified atom stereocenters. The van der Waals surface area contributed by atoms with Crippen LogP contribution in [0.15, 0.2) is 22.7 Å². The van der Waals surface area contributed by atoms with Gasteiger partial charge in [-0.25, -0.2) is 4.39 Å². The summed E-state index contributed by atoms with van der Waals surface area (Å²) in [6.45, 7) is 2.95. The van der Waals surface area contributed by atoms with Crippen molar-refractivity contribution >= 4 is 15.9 Å². The van der Waals surface area contributed by atoms with E-state index in [9.17, 15) is 4.39 Å². The zero-order valence-electron chi connectivity index (χ0n) is 9.88. The summed E-state index contributed by atoms with van der Waals surface area (Å²) < 4.78 is 19.3. The van der Waals surface area contributed by atoms with E-state index in [0.29, 0.717) is 16.3 Å². The Labute approximate surface area is 110 Å². The summed E-state index contributed by atoms with van der Waals surface area (Å²) in [6.07, 6.45) is 3.64. The van der Waals surface area contributed by atoms with Crippen molar-refractivity contribution in [2.24, 2.45) is 0 Å². The zero-order valence-corrected chi connectivity index (χ0v) is 11.5. The normalized spacial score (nSPS) is 16.9. The van der Waals surface area contributed by atoms with Crippen LogP contribution in [0.5, 0.6) is 5.75 Å². The molecule has 94 valence electrons. The lowest BCUT2D eigenvalue weighted by atomic mass is 10.2. The third-order valence-corrected chi connectivity index (χ3v) is 3.47. The average Bonchev–Trinajstić information content (AvgIpc) is 3.13. The predicted octanol–water partition coefficient (Wildman–Crippen LogP) is 3.50. The Balaban J connectivity index is 1.89. The van der Waals surface area contributed by atoms with Gasteiger partial charge in [0.2, 0.25) is 0 Å². The van der Waals surface area contributed by atoms with Crippen molar-refractivity contribution in [3.63, 3.8) is 0 Å². The molecule has 0 radical (unpaired) electrons. The van der Waals surface area contributed by atoms with E-state index in [1.54, 1.807) is 12.1 Å². The Kier molecular flexibility index (Phi) is 4.40. The Morgan fingerprint density at radius 2 is 2.29 bits per heavy atom. The molecule has 0 bridgehead atoms. The minimum absolute atomic E-state index is 0.146. The molecule has 4 heteroatoms. The van der Waals surface area contributed by atoms with Gasteiger partial charge in [0.05, 0.1) is 4.47 Å². The maximum absolute atomic E-state index is 13.1. The van der Waals surface area contributed by atoms with Crippen molar-refractivity contribution in [3.05, 3.63) is 28.5 Å². The molecule has 1 atom stereocenters. The quantitative estimate of drug-likeness (QED) is 0.868. The highest BCUT2D eigenvalue weighted by Gasteiger charge is 2.22. The third-order valence-electron chi connectivity index (χ3n) is 2.86. The van der Waals surface area contributed by atoms with Crippen LogP contribution >= 0.6 is 15.9 Å². The second kappa shape index (κ2) is 5.83. The van der Waals surface area contributed by atoms with Crippen LogP contribution in [0.25, 0.3) is 0 Å². The van der Waals surface area contributed by atoms with E-state index >= 15 is 0 Å². The summed E-state index contributed by atoms with van der Waals surface area (Å²) >= 11 is 3.16. The standard InChI is InChI=1S/C13H17BrFNO/c1-2-10(8-16-9-3-4-9)17-11-5-6-13(15)12(14)7-11/h5-7,9-10,16H,2-4,8H2,1H3. The molecule has 0 spiro atoms.